The highest BCUT2D eigenvalue weighted by atomic mass is 16.5. The van der Waals surface area contributed by atoms with Gasteiger partial charge >= 0.3 is 0 Å². The molecular formula is C20H23N5O2. The fraction of sp³-hybridized carbons (Fsp3) is 0.350. The molecule has 140 valence electrons. The predicted molar refractivity (Wildman–Crippen MR) is 104 cm³/mol. The van der Waals surface area contributed by atoms with Crippen LogP contribution >= 0.6 is 0 Å². The van der Waals surface area contributed by atoms with E-state index in [2.05, 4.69) is 27.5 Å². The summed E-state index contributed by atoms with van der Waals surface area (Å²) in [6.07, 6.45) is 5.33. The van der Waals surface area contributed by atoms with Crippen LogP contribution in [0.1, 0.15) is 41.9 Å². The van der Waals surface area contributed by atoms with Crippen LogP contribution in [0.2, 0.25) is 0 Å². The maximum absolute atomic E-state index is 12.5. The van der Waals surface area contributed by atoms with Gasteiger partial charge in [0.05, 0.1) is 17.1 Å². The first kappa shape index (κ1) is 17.5. The first-order valence-corrected chi connectivity index (χ1v) is 9.18. The van der Waals surface area contributed by atoms with Crippen LogP contribution in [0.25, 0.3) is 11.0 Å². The molecular weight excluding hydrogens is 342 g/mol. The van der Waals surface area contributed by atoms with Gasteiger partial charge < -0.3 is 19.9 Å². The molecule has 0 saturated carbocycles. The van der Waals surface area contributed by atoms with Gasteiger partial charge in [-0.1, -0.05) is 30.3 Å². The number of rotatable bonds is 5. The molecule has 3 heterocycles. The van der Waals surface area contributed by atoms with Gasteiger partial charge in [0, 0.05) is 19.8 Å². The number of anilines is 1. The van der Waals surface area contributed by atoms with Crippen molar-refractivity contribution in [2.24, 2.45) is 0 Å². The number of amides is 1. The maximum Gasteiger partial charge on any atom is 0.253 e. The molecule has 27 heavy (non-hydrogen) atoms. The predicted octanol–water partition coefficient (Wildman–Crippen LogP) is 3.10. The van der Waals surface area contributed by atoms with Crippen molar-refractivity contribution in [2.75, 3.05) is 12.4 Å². The third-order valence-corrected chi connectivity index (χ3v) is 4.90. The third kappa shape index (κ3) is 3.38. The average molecular weight is 365 g/mol. The molecule has 2 N–H and O–H groups in total. The summed E-state index contributed by atoms with van der Waals surface area (Å²) in [5, 5.41) is 6.78. The van der Waals surface area contributed by atoms with E-state index in [1.165, 1.54) is 6.33 Å². The zero-order valence-corrected chi connectivity index (χ0v) is 15.5. The molecule has 1 amide bonds. The molecule has 7 heteroatoms. The Kier molecular flexibility index (Phi) is 4.77. The lowest BCUT2D eigenvalue weighted by Crippen LogP contribution is -2.18. The first-order valence-electron chi connectivity index (χ1n) is 9.18. The minimum atomic E-state index is -0.164. The minimum Gasteiger partial charge on any atom is -0.365 e. The Morgan fingerprint density at radius 1 is 1.26 bits per heavy atom. The normalized spacial score (nSPS) is 19.3. The van der Waals surface area contributed by atoms with Gasteiger partial charge in [-0.05, 0) is 25.3 Å². The maximum atomic E-state index is 12.5. The minimum absolute atomic E-state index is 0.113. The summed E-state index contributed by atoms with van der Waals surface area (Å²) in [6.45, 7) is 2.68. The summed E-state index contributed by atoms with van der Waals surface area (Å²) in [5.41, 5.74) is 2.39. The molecule has 0 aliphatic carbocycles. The smallest absolute Gasteiger partial charge is 0.253 e. The molecule has 2 atom stereocenters. The zero-order chi connectivity index (χ0) is 18.8. The highest BCUT2D eigenvalue weighted by Crippen LogP contribution is 2.34. The van der Waals surface area contributed by atoms with E-state index in [0.717, 1.165) is 23.8 Å². The molecule has 1 aromatic carbocycles. The molecule has 2 aromatic heterocycles. The Morgan fingerprint density at radius 2 is 2.07 bits per heavy atom. The molecule has 7 nitrogen and oxygen atoms in total. The Labute approximate surface area is 157 Å². The topological polar surface area (TPSA) is 81.1 Å². The van der Waals surface area contributed by atoms with Gasteiger partial charge in [-0.2, -0.15) is 0 Å². The monoisotopic (exact) mass is 365 g/mol. The Morgan fingerprint density at radius 3 is 2.78 bits per heavy atom. The highest BCUT2D eigenvalue weighted by molar-refractivity contribution is 6.09. The Hall–Kier alpha value is -2.93. The van der Waals surface area contributed by atoms with E-state index in [0.29, 0.717) is 23.6 Å². The number of hydrogen-bond donors (Lipinski definition) is 2. The number of carbonyl (C=O) groups excluding carboxylic acids is 1. The summed E-state index contributed by atoms with van der Waals surface area (Å²) in [4.78, 5) is 21.4. The molecule has 1 aliphatic heterocycles. The summed E-state index contributed by atoms with van der Waals surface area (Å²) < 4.78 is 7.96. The van der Waals surface area contributed by atoms with Gasteiger partial charge in [-0.15, -0.1) is 0 Å². The average Bonchev–Trinajstić information content (AvgIpc) is 3.30. The van der Waals surface area contributed by atoms with Crippen molar-refractivity contribution in [2.45, 2.75) is 38.6 Å². The van der Waals surface area contributed by atoms with Crippen LogP contribution in [-0.4, -0.2) is 33.6 Å². The van der Waals surface area contributed by atoms with Gasteiger partial charge in [0.2, 0.25) is 0 Å². The number of fused-ring (bicyclic) bond motifs is 1. The number of nitrogens with zero attached hydrogens (tertiary/aromatic N) is 3. The summed E-state index contributed by atoms with van der Waals surface area (Å²) >= 11 is 0. The van der Waals surface area contributed by atoms with Gasteiger partial charge in [0.1, 0.15) is 24.0 Å². The Bertz CT molecular complexity index is 954. The van der Waals surface area contributed by atoms with Crippen LogP contribution in [0.5, 0.6) is 0 Å². The van der Waals surface area contributed by atoms with E-state index in [9.17, 15) is 4.79 Å². The number of nitrogens with one attached hydrogen (secondary N) is 2. The highest BCUT2D eigenvalue weighted by Gasteiger charge is 2.28. The standard InChI is InChI=1S/C20H23N5O2/c1-13-8-9-16(27-13)25-11-15(20(26)21-2)17-18(23-12-24-19(17)25)22-10-14-6-4-3-5-7-14/h3-7,11-13,16H,8-10H2,1-2H3,(H,21,26)(H,22,23,24). The molecule has 1 aliphatic rings. The zero-order valence-electron chi connectivity index (χ0n) is 15.5. The van der Waals surface area contributed by atoms with Crippen LogP contribution < -0.4 is 10.6 Å². The lowest BCUT2D eigenvalue weighted by Gasteiger charge is -2.14. The number of aromatic nitrogens is 3. The van der Waals surface area contributed by atoms with Crippen molar-refractivity contribution in [3.05, 3.63) is 54.0 Å². The molecule has 3 aromatic rings. The van der Waals surface area contributed by atoms with E-state index in [1.807, 2.05) is 41.1 Å². The van der Waals surface area contributed by atoms with E-state index in [1.54, 1.807) is 7.05 Å². The van der Waals surface area contributed by atoms with E-state index in [4.69, 9.17) is 4.74 Å². The molecule has 0 spiro atoms. The van der Waals surface area contributed by atoms with E-state index < -0.39 is 0 Å². The second-order valence-electron chi connectivity index (χ2n) is 6.77. The van der Waals surface area contributed by atoms with Crippen LogP contribution in [0.15, 0.2) is 42.9 Å². The van der Waals surface area contributed by atoms with Crippen LogP contribution in [-0.2, 0) is 11.3 Å². The largest absolute Gasteiger partial charge is 0.365 e. The van der Waals surface area contributed by atoms with Crippen molar-refractivity contribution < 1.29 is 9.53 Å². The van der Waals surface area contributed by atoms with Crippen molar-refractivity contribution in [3.63, 3.8) is 0 Å². The van der Waals surface area contributed by atoms with E-state index in [-0.39, 0.29) is 18.2 Å². The molecule has 4 rings (SSSR count). The van der Waals surface area contributed by atoms with Gasteiger partial charge in [0.15, 0.2) is 0 Å². The third-order valence-electron chi connectivity index (χ3n) is 4.90. The number of ether oxygens (including phenoxy) is 1. The number of carbonyl (C=O) groups is 1. The molecule has 1 fully saturated rings. The fourth-order valence-corrected chi connectivity index (χ4v) is 3.51. The lowest BCUT2D eigenvalue weighted by molar-refractivity contribution is 0.0134. The number of hydrogen-bond acceptors (Lipinski definition) is 5. The number of benzene rings is 1. The van der Waals surface area contributed by atoms with Gasteiger partial charge in [-0.25, -0.2) is 9.97 Å². The van der Waals surface area contributed by atoms with Gasteiger partial charge in [0.25, 0.3) is 5.91 Å². The summed E-state index contributed by atoms with van der Waals surface area (Å²) in [6, 6.07) is 10.1. The summed E-state index contributed by atoms with van der Waals surface area (Å²) in [7, 11) is 1.63. The second kappa shape index (κ2) is 7.36. The second-order valence-corrected chi connectivity index (χ2v) is 6.77. The SMILES string of the molecule is CNC(=O)c1cn(C2CCC(C)O2)c2ncnc(NCc3ccccc3)c12. The van der Waals surface area contributed by atoms with Crippen molar-refractivity contribution in [3.8, 4) is 0 Å². The molecule has 2 unspecified atom stereocenters. The Balaban J connectivity index is 1.75. The van der Waals surface area contributed by atoms with Crippen molar-refractivity contribution >= 4 is 22.8 Å². The first-order chi connectivity index (χ1) is 13.2. The fourth-order valence-electron chi connectivity index (χ4n) is 3.51. The van der Waals surface area contributed by atoms with Crippen LogP contribution in [0, 0.1) is 0 Å². The van der Waals surface area contributed by atoms with Crippen LogP contribution in [0.3, 0.4) is 0 Å². The van der Waals surface area contributed by atoms with Crippen LogP contribution in [0.4, 0.5) is 5.82 Å². The lowest BCUT2D eigenvalue weighted by atomic mass is 10.2. The van der Waals surface area contributed by atoms with Crippen molar-refractivity contribution in [1.29, 1.82) is 0 Å². The van der Waals surface area contributed by atoms with E-state index >= 15 is 0 Å². The van der Waals surface area contributed by atoms with Gasteiger partial charge in [-0.3, -0.25) is 4.79 Å². The molecule has 0 bridgehead atoms. The summed E-state index contributed by atoms with van der Waals surface area (Å²) in [5.74, 6) is 0.481. The van der Waals surface area contributed by atoms with Crippen molar-refractivity contribution in [1.82, 2.24) is 19.9 Å². The molecule has 1 saturated heterocycles. The quantitative estimate of drug-likeness (QED) is 0.726. The molecule has 0 radical (unpaired) electrons.